The fourth-order valence-electron chi connectivity index (χ4n) is 2.23. The van der Waals surface area contributed by atoms with Crippen LogP contribution in [0.2, 0.25) is 0 Å². The summed E-state index contributed by atoms with van der Waals surface area (Å²) in [5.41, 5.74) is 0.203. The molecule has 0 saturated carbocycles. The molecule has 3 rings (SSSR count). The first-order valence-electron chi connectivity index (χ1n) is 7.18. The minimum Gasteiger partial charge on any atom is -0.324 e. The van der Waals surface area contributed by atoms with Crippen molar-refractivity contribution in [2.75, 3.05) is 5.32 Å². The first-order valence-corrected chi connectivity index (χ1v) is 7.18. The van der Waals surface area contributed by atoms with Crippen molar-refractivity contribution in [2.24, 2.45) is 7.05 Å². The molecule has 1 amide bonds. The van der Waals surface area contributed by atoms with E-state index in [1.54, 1.807) is 36.1 Å². The van der Waals surface area contributed by atoms with Gasteiger partial charge in [-0.3, -0.25) is 9.48 Å². The average Bonchev–Trinajstić information content (AvgIpc) is 3.16. The molecule has 0 spiro atoms. The van der Waals surface area contributed by atoms with E-state index in [0.717, 1.165) is 22.5 Å². The Balaban J connectivity index is 1.69. The van der Waals surface area contributed by atoms with E-state index in [-0.39, 0.29) is 6.54 Å². The molecule has 0 aliphatic heterocycles. The Morgan fingerprint density at radius 1 is 1.28 bits per heavy atom. The van der Waals surface area contributed by atoms with Crippen molar-refractivity contribution in [1.82, 2.24) is 24.5 Å². The first-order chi connectivity index (χ1) is 11.8. The third-order valence-electron chi connectivity index (χ3n) is 3.35. The van der Waals surface area contributed by atoms with Crippen LogP contribution in [-0.2, 0) is 24.6 Å². The summed E-state index contributed by atoms with van der Waals surface area (Å²) in [7, 11) is 1.79. The molecule has 0 aliphatic rings. The molecule has 2 heterocycles. The van der Waals surface area contributed by atoms with Crippen molar-refractivity contribution >= 4 is 11.6 Å². The van der Waals surface area contributed by atoms with Gasteiger partial charge < -0.3 is 9.88 Å². The van der Waals surface area contributed by atoms with Gasteiger partial charge >= 0.3 is 6.18 Å². The number of hydrogen-bond donors (Lipinski definition) is 1. The predicted octanol–water partition coefficient (Wildman–Crippen LogP) is 2.34. The Morgan fingerprint density at radius 2 is 2.08 bits per heavy atom. The van der Waals surface area contributed by atoms with Crippen LogP contribution in [0.3, 0.4) is 0 Å². The number of aromatic nitrogens is 5. The second-order valence-corrected chi connectivity index (χ2v) is 5.29. The lowest BCUT2D eigenvalue weighted by Gasteiger charge is -2.08. The number of carbonyl (C=O) groups is 1. The van der Waals surface area contributed by atoms with E-state index in [9.17, 15) is 18.0 Å². The van der Waals surface area contributed by atoms with Gasteiger partial charge in [-0.1, -0.05) is 12.1 Å². The van der Waals surface area contributed by atoms with Crippen molar-refractivity contribution in [1.29, 1.82) is 0 Å². The molecule has 3 aromatic rings. The molecule has 2 aromatic heterocycles. The molecule has 0 aliphatic carbocycles. The van der Waals surface area contributed by atoms with E-state index >= 15 is 0 Å². The highest BCUT2D eigenvalue weighted by molar-refractivity contribution is 5.91. The quantitative estimate of drug-likeness (QED) is 0.783. The van der Waals surface area contributed by atoms with Crippen molar-refractivity contribution < 1.29 is 18.0 Å². The van der Waals surface area contributed by atoms with Crippen molar-refractivity contribution in [3.8, 4) is 11.4 Å². The predicted molar refractivity (Wildman–Crippen MR) is 82.3 cm³/mol. The van der Waals surface area contributed by atoms with Gasteiger partial charge in [0, 0.05) is 24.5 Å². The molecular weight excluding hydrogens is 337 g/mol. The topological polar surface area (TPSA) is 77.6 Å². The minimum absolute atomic E-state index is 0.329. The Hall–Kier alpha value is -3.17. The SMILES string of the molecule is Cn1cnnc1-c1cccc(NC(=O)Cn2ccc(C(F)(F)F)n2)c1. The molecule has 1 N–H and O–H groups in total. The van der Waals surface area contributed by atoms with Gasteiger partial charge in [-0.05, 0) is 18.2 Å². The van der Waals surface area contributed by atoms with Gasteiger partial charge in [0.25, 0.3) is 0 Å². The van der Waals surface area contributed by atoms with Crippen molar-refractivity contribution in [2.45, 2.75) is 12.7 Å². The van der Waals surface area contributed by atoms with E-state index < -0.39 is 17.8 Å². The molecule has 1 aromatic carbocycles. The van der Waals surface area contributed by atoms with Crippen LogP contribution in [0.15, 0.2) is 42.9 Å². The summed E-state index contributed by atoms with van der Waals surface area (Å²) in [5.74, 6) is 0.130. The standard InChI is InChI=1S/C15H13F3N6O/c1-23-9-19-21-14(23)10-3-2-4-11(7-10)20-13(25)8-24-6-5-12(22-24)15(16,17)18/h2-7,9H,8H2,1H3,(H,20,25). The van der Waals surface area contributed by atoms with E-state index in [0.29, 0.717) is 11.5 Å². The van der Waals surface area contributed by atoms with Gasteiger partial charge in [-0.15, -0.1) is 10.2 Å². The number of amides is 1. The van der Waals surface area contributed by atoms with Crippen molar-refractivity contribution in [3.05, 3.63) is 48.5 Å². The van der Waals surface area contributed by atoms with E-state index in [2.05, 4.69) is 20.6 Å². The molecule has 7 nitrogen and oxygen atoms in total. The van der Waals surface area contributed by atoms with Crippen LogP contribution in [0.5, 0.6) is 0 Å². The molecule has 0 fully saturated rings. The molecule has 0 radical (unpaired) electrons. The summed E-state index contributed by atoms with van der Waals surface area (Å²) in [4.78, 5) is 12.0. The number of anilines is 1. The lowest BCUT2D eigenvalue weighted by atomic mass is 10.2. The van der Waals surface area contributed by atoms with Gasteiger partial charge in [0.15, 0.2) is 11.5 Å². The van der Waals surface area contributed by atoms with Crippen LogP contribution in [-0.4, -0.2) is 30.5 Å². The van der Waals surface area contributed by atoms with Crippen LogP contribution in [0.4, 0.5) is 18.9 Å². The second-order valence-electron chi connectivity index (χ2n) is 5.29. The molecule has 130 valence electrons. The highest BCUT2D eigenvalue weighted by Gasteiger charge is 2.33. The summed E-state index contributed by atoms with van der Waals surface area (Å²) >= 11 is 0. The monoisotopic (exact) mass is 350 g/mol. The van der Waals surface area contributed by atoms with E-state index in [4.69, 9.17) is 0 Å². The summed E-state index contributed by atoms with van der Waals surface area (Å²) in [5, 5.41) is 13.7. The van der Waals surface area contributed by atoms with Gasteiger partial charge in [-0.25, -0.2) is 0 Å². The number of hydrogen-bond acceptors (Lipinski definition) is 4. The summed E-state index contributed by atoms with van der Waals surface area (Å²) in [6, 6.07) is 7.73. The van der Waals surface area contributed by atoms with Crippen LogP contribution < -0.4 is 5.32 Å². The molecule has 0 unspecified atom stereocenters. The number of nitrogens with one attached hydrogen (secondary N) is 1. The smallest absolute Gasteiger partial charge is 0.324 e. The zero-order chi connectivity index (χ0) is 18.0. The van der Waals surface area contributed by atoms with Crippen LogP contribution in [0.25, 0.3) is 11.4 Å². The Morgan fingerprint density at radius 3 is 2.72 bits per heavy atom. The third-order valence-corrected chi connectivity index (χ3v) is 3.35. The lowest BCUT2D eigenvalue weighted by molar-refractivity contribution is -0.141. The minimum atomic E-state index is -4.54. The van der Waals surface area contributed by atoms with E-state index in [1.165, 1.54) is 0 Å². The number of benzene rings is 1. The molecule has 0 atom stereocenters. The Kier molecular flexibility index (Phi) is 4.26. The van der Waals surface area contributed by atoms with E-state index in [1.807, 2.05) is 6.07 Å². The number of alkyl halides is 3. The van der Waals surface area contributed by atoms with Crippen LogP contribution in [0.1, 0.15) is 5.69 Å². The number of halogens is 3. The highest BCUT2D eigenvalue weighted by Crippen LogP contribution is 2.27. The maximum Gasteiger partial charge on any atom is 0.435 e. The third kappa shape index (κ3) is 3.84. The Labute approximate surface area is 140 Å². The number of carbonyl (C=O) groups excluding carboxylic acids is 1. The van der Waals surface area contributed by atoms with Crippen molar-refractivity contribution in [3.63, 3.8) is 0 Å². The Bertz CT molecular complexity index is 899. The summed E-state index contributed by atoms with van der Waals surface area (Å²) in [6.07, 6.45) is -1.87. The van der Waals surface area contributed by atoms with Gasteiger partial charge in [0.1, 0.15) is 12.9 Å². The zero-order valence-corrected chi connectivity index (χ0v) is 13.0. The maximum atomic E-state index is 12.5. The highest BCUT2D eigenvalue weighted by atomic mass is 19.4. The van der Waals surface area contributed by atoms with Gasteiger partial charge in [-0.2, -0.15) is 18.3 Å². The van der Waals surface area contributed by atoms with Gasteiger partial charge in [0.2, 0.25) is 5.91 Å². The number of nitrogens with zero attached hydrogens (tertiary/aromatic N) is 5. The van der Waals surface area contributed by atoms with Crippen LogP contribution in [0, 0.1) is 0 Å². The molecule has 0 bridgehead atoms. The number of aryl methyl sites for hydroxylation is 1. The fourth-order valence-corrected chi connectivity index (χ4v) is 2.23. The lowest BCUT2D eigenvalue weighted by Crippen LogP contribution is -2.19. The molecule has 0 saturated heterocycles. The normalized spacial score (nSPS) is 11.5. The summed E-state index contributed by atoms with van der Waals surface area (Å²) in [6.45, 7) is -0.329. The zero-order valence-electron chi connectivity index (χ0n) is 13.0. The summed E-state index contributed by atoms with van der Waals surface area (Å²) < 4.78 is 40.2. The molecular formula is C15H13F3N6O. The molecule has 10 heteroatoms. The fraction of sp³-hybridized carbons (Fsp3) is 0.200. The molecule has 25 heavy (non-hydrogen) atoms. The first kappa shape index (κ1) is 16.7. The largest absolute Gasteiger partial charge is 0.435 e. The van der Waals surface area contributed by atoms with Crippen LogP contribution >= 0.6 is 0 Å². The average molecular weight is 350 g/mol. The number of rotatable bonds is 4. The maximum absolute atomic E-state index is 12.5. The van der Waals surface area contributed by atoms with Gasteiger partial charge in [0.05, 0.1) is 0 Å². The second kappa shape index (κ2) is 6.38.